The van der Waals surface area contributed by atoms with Crippen LogP contribution in [0.1, 0.15) is 44.8 Å². The molecule has 0 fully saturated rings. The van der Waals surface area contributed by atoms with Crippen LogP contribution in [0.15, 0.2) is 23.6 Å². The first-order valence-corrected chi connectivity index (χ1v) is 11.2. The average Bonchev–Trinajstić information content (AvgIpc) is 2.72. The third kappa shape index (κ3) is 5.20. The molecule has 0 saturated heterocycles. The topological polar surface area (TPSA) is 22.1 Å². The molecule has 4 heteroatoms. The van der Waals surface area contributed by atoms with E-state index in [0.717, 1.165) is 17.1 Å². The molecule has 1 unspecified atom stereocenters. The van der Waals surface area contributed by atoms with Crippen LogP contribution in [0.3, 0.4) is 0 Å². The highest BCUT2D eigenvalue weighted by Gasteiger charge is 2.39. The molecular formula is C17H29NOSSi. The van der Waals surface area contributed by atoms with Gasteiger partial charge in [-0.15, -0.1) is 17.9 Å². The predicted octanol–water partition coefficient (Wildman–Crippen LogP) is 5.82. The number of thiazole rings is 1. The highest BCUT2D eigenvalue weighted by Crippen LogP contribution is 2.38. The Bertz CT molecular complexity index is 511. The summed E-state index contributed by atoms with van der Waals surface area (Å²) in [5, 5.41) is 3.40. The van der Waals surface area contributed by atoms with Crippen molar-refractivity contribution in [3.05, 3.63) is 34.3 Å². The summed E-state index contributed by atoms with van der Waals surface area (Å²) < 4.78 is 6.56. The zero-order valence-corrected chi connectivity index (χ0v) is 16.3. The first-order chi connectivity index (χ1) is 9.56. The molecule has 0 radical (unpaired) electrons. The van der Waals surface area contributed by atoms with Crippen LogP contribution in [0.5, 0.6) is 0 Å². The molecule has 0 aromatic carbocycles. The number of rotatable bonds is 6. The highest BCUT2D eigenvalue weighted by atomic mass is 32.1. The lowest BCUT2D eigenvalue weighted by Gasteiger charge is -2.39. The van der Waals surface area contributed by atoms with Crippen molar-refractivity contribution in [2.45, 2.75) is 65.3 Å². The Morgan fingerprint density at radius 2 is 2.10 bits per heavy atom. The van der Waals surface area contributed by atoms with Gasteiger partial charge in [0, 0.05) is 5.38 Å². The molecule has 0 aliphatic carbocycles. The Morgan fingerprint density at radius 1 is 1.48 bits per heavy atom. The van der Waals surface area contributed by atoms with Crippen molar-refractivity contribution >= 4 is 25.7 Å². The van der Waals surface area contributed by atoms with E-state index in [1.54, 1.807) is 11.3 Å². The summed E-state index contributed by atoms with van der Waals surface area (Å²) in [5.74, 6) is 0. The summed E-state index contributed by atoms with van der Waals surface area (Å²) in [6.45, 7) is 19.5. The van der Waals surface area contributed by atoms with Crippen LogP contribution in [-0.4, -0.2) is 19.4 Å². The number of hydrogen-bond donors (Lipinski definition) is 0. The summed E-state index contributed by atoms with van der Waals surface area (Å²) in [6.07, 6.45) is 5.04. The van der Waals surface area contributed by atoms with E-state index in [1.165, 1.54) is 5.57 Å². The van der Waals surface area contributed by atoms with Crippen LogP contribution in [0, 0.1) is 6.92 Å². The van der Waals surface area contributed by atoms with E-state index < -0.39 is 8.32 Å². The number of hydrogen-bond acceptors (Lipinski definition) is 3. The Kier molecular flexibility index (Phi) is 6.14. The monoisotopic (exact) mass is 323 g/mol. The van der Waals surface area contributed by atoms with Gasteiger partial charge in [-0.2, -0.15) is 0 Å². The zero-order valence-electron chi connectivity index (χ0n) is 14.5. The SMILES string of the molecule is C=CCC(O[Si](C)(C)C(C)(C)C)C(C)=Cc1csc(C)n1. The van der Waals surface area contributed by atoms with Gasteiger partial charge in [-0.3, -0.25) is 0 Å². The second-order valence-electron chi connectivity index (χ2n) is 7.07. The van der Waals surface area contributed by atoms with Crippen LogP contribution >= 0.6 is 11.3 Å². The van der Waals surface area contributed by atoms with Crippen molar-refractivity contribution in [3.63, 3.8) is 0 Å². The van der Waals surface area contributed by atoms with Crippen molar-refractivity contribution in [1.82, 2.24) is 4.98 Å². The van der Waals surface area contributed by atoms with E-state index in [-0.39, 0.29) is 11.1 Å². The van der Waals surface area contributed by atoms with Crippen LogP contribution in [-0.2, 0) is 4.43 Å². The fourth-order valence-corrected chi connectivity index (χ4v) is 3.70. The average molecular weight is 324 g/mol. The fraction of sp³-hybridized carbons (Fsp3) is 0.588. The van der Waals surface area contributed by atoms with Gasteiger partial charge in [0.05, 0.1) is 16.8 Å². The van der Waals surface area contributed by atoms with Gasteiger partial charge in [0.2, 0.25) is 0 Å². The largest absolute Gasteiger partial charge is 0.410 e. The van der Waals surface area contributed by atoms with E-state index in [0.29, 0.717) is 0 Å². The maximum Gasteiger partial charge on any atom is 0.192 e. The smallest absolute Gasteiger partial charge is 0.192 e. The molecule has 1 aromatic heterocycles. The number of aromatic nitrogens is 1. The lowest BCUT2D eigenvalue weighted by atomic mass is 10.1. The minimum absolute atomic E-state index is 0.102. The van der Waals surface area contributed by atoms with Gasteiger partial charge >= 0.3 is 0 Å². The lowest BCUT2D eigenvalue weighted by molar-refractivity contribution is 0.218. The standard InChI is InChI=1S/C17H29NOSSi/c1-9-10-16(19-21(7,8)17(4,5)6)13(2)11-15-12-20-14(3)18-15/h9,11-12,16H,1,10H2,2-8H3. The van der Waals surface area contributed by atoms with Crippen molar-refractivity contribution in [1.29, 1.82) is 0 Å². The molecule has 2 nitrogen and oxygen atoms in total. The first-order valence-electron chi connectivity index (χ1n) is 7.46. The minimum atomic E-state index is -1.79. The van der Waals surface area contributed by atoms with E-state index in [9.17, 15) is 0 Å². The number of aryl methyl sites for hydroxylation is 1. The molecule has 0 saturated carbocycles. The predicted molar refractivity (Wildman–Crippen MR) is 97.4 cm³/mol. The Balaban J connectivity index is 2.96. The van der Waals surface area contributed by atoms with E-state index in [2.05, 4.69) is 63.8 Å². The molecule has 1 atom stereocenters. The summed E-state index contributed by atoms with van der Waals surface area (Å²) in [6, 6.07) is 0. The molecule has 118 valence electrons. The van der Waals surface area contributed by atoms with Crippen molar-refractivity contribution < 1.29 is 4.43 Å². The molecule has 0 aliphatic heterocycles. The molecule has 0 bridgehead atoms. The van der Waals surface area contributed by atoms with Gasteiger partial charge in [-0.1, -0.05) is 26.8 Å². The van der Waals surface area contributed by atoms with Crippen molar-refractivity contribution in [2.24, 2.45) is 0 Å². The second-order valence-corrected chi connectivity index (χ2v) is 12.9. The van der Waals surface area contributed by atoms with Crippen LogP contribution < -0.4 is 0 Å². The molecule has 0 amide bonds. The fourth-order valence-electron chi connectivity index (χ4n) is 1.78. The molecule has 1 rings (SSSR count). The third-order valence-electron chi connectivity index (χ3n) is 4.14. The molecule has 1 aromatic rings. The summed E-state index contributed by atoms with van der Waals surface area (Å²) >= 11 is 1.68. The van der Waals surface area contributed by atoms with Gasteiger partial charge < -0.3 is 4.43 Å². The quantitative estimate of drug-likeness (QED) is 0.486. The van der Waals surface area contributed by atoms with E-state index >= 15 is 0 Å². The van der Waals surface area contributed by atoms with Gasteiger partial charge in [0.1, 0.15) is 0 Å². The maximum absolute atomic E-state index is 6.56. The molecular weight excluding hydrogens is 294 g/mol. The van der Waals surface area contributed by atoms with Crippen molar-refractivity contribution in [2.75, 3.05) is 0 Å². The first kappa shape index (κ1) is 18.3. The molecule has 0 aliphatic rings. The van der Waals surface area contributed by atoms with Gasteiger partial charge in [0.15, 0.2) is 8.32 Å². The normalized spacial score (nSPS) is 15.1. The maximum atomic E-state index is 6.56. The highest BCUT2D eigenvalue weighted by molar-refractivity contribution is 7.09. The van der Waals surface area contributed by atoms with Crippen molar-refractivity contribution in [3.8, 4) is 0 Å². The van der Waals surface area contributed by atoms with Gasteiger partial charge in [-0.25, -0.2) is 4.98 Å². The summed E-state index contributed by atoms with van der Waals surface area (Å²) in [4.78, 5) is 4.51. The van der Waals surface area contributed by atoms with Gasteiger partial charge in [0.25, 0.3) is 0 Å². The molecule has 21 heavy (non-hydrogen) atoms. The Morgan fingerprint density at radius 3 is 2.52 bits per heavy atom. The van der Waals surface area contributed by atoms with E-state index in [4.69, 9.17) is 4.43 Å². The third-order valence-corrected chi connectivity index (χ3v) is 9.42. The Hall–Kier alpha value is -0.713. The Labute approximate surface area is 135 Å². The van der Waals surface area contributed by atoms with E-state index in [1.807, 2.05) is 13.0 Å². The molecule has 0 N–H and O–H groups in total. The zero-order chi connectivity index (χ0) is 16.3. The van der Waals surface area contributed by atoms with Crippen LogP contribution in [0.25, 0.3) is 6.08 Å². The minimum Gasteiger partial charge on any atom is -0.410 e. The summed E-state index contributed by atoms with van der Waals surface area (Å²) in [5.41, 5.74) is 2.26. The van der Waals surface area contributed by atoms with Crippen LogP contribution in [0.2, 0.25) is 18.1 Å². The molecule has 0 spiro atoms. The molecule has 1 heterocycles. The van der Waals surface area contributed by atoms with Crippen LogP contribution in [0.4, 0.5) is 0 Å². The number of nitrogens with zero attached hydrogens (tertiary/aromatic N) is 1. The second kappa shape index (κ2) is 7.03. The van der Waals surface area contributed by atoms with Gasteiger partial charge in [-0.05, 0) is 50.0 Å². The lowest BCUT2D eigenvalue weighted by Crippen LogP contribution is -2.44. The summed E-state index contributed by atoms with van der Waals surface area (Å²) in [7, 11) is -1.79.